The van der Waals surface area contributed by atoms with E-state index in [2.05, 4.69) is 5.16 Å². The lowest BCUT2D eigenvalue weighted by Gasteiger charge is -1.92. The molecule has 0 unspecified atom stereocenters. The molecule has 10 heavy (non-hydrogen) atoms. The Kier molecular flexibility index (Phi) is 1.91. The first-order valence-electron chi connectivity index (χ1n) is 2.92. The molecule has 0 aliphatic heterocycles. The van der Waals surface area contributed by atoms with E-state index < -0.39 is 6.10 Å². The number of aromatic nitrogens is 1. The highest BCUT2D eigenvalue weighted by atomic mass is 16.5. The predicted octanol–water partition coefficient (Wildman–Crippen LogP) is 0.736. The quantitative estimate of drug-likeness (QED) is 0.663. The zero-order chi connectivity index (χ0) is 7.56. The van der Waals surface area contributed by atoms with Crippen molar-refractivity contribution in [2.75, 3.05) is 7.11 Å². The van der Waals surface area contributed by atoms with Crippen LogP contribution in [-0.2, 0) is 0 Å². The Hall–Kier alpha value is -1.03. The molecule has 0 amide bonds. The van der Waals surface area contributed by atoms with Gasteiger partial charge < -0.3 is 14.4 Å². The largest absolute Gasteiger partial charge is 0.479 e. The summed E-state index contributed by atoms with van der Waals surface area (Å²) in [6.07, 6.45) is -0.628. The van der Waals surface area contributed by atoms with Gasteiger partial charge in [-0.1, -0.05) is 0 Å². The standard InChI is InChI=1S/C6H9NO3/c1-4(8)5-3-6(9-2)7-10-5/h3-4,8H,1-2H3/t4-/m1/s1. The Labute approximate surface area is 58.4 Å². The van der Waals surface area contributed by atoms with Crippen LogP contribution >= 0.6 is 0 Å². The summed E-state index contributed by atoms with van der Waals surface area (Å²) in [6.45, 7) is 1.60. The van der Waals surface area contributed by atoms with Gasteiger partial charge in [-0.3, -0.25) is 0 Å². The average Bonchev–Trinajstić information content (AvgIpc) is 2.34. The molecule has 4 nitrogen and oxygen atoms in total. The molecule has 1 aromatic rings. The molecule has 0 bridgehead atoms. The summed E-state index contributed by atoms with van der Waals surface area (Å²) in [5.74, 6) is 0.799. The lowest BCUT2D eigenvalue weighted by molar-refractivity contribution is 0.157. The third kappa shape index (κ3) is 1.27. The van der Waals surface area contributed by atoms with Gasteiger partial charge in [0.05, 0.1) is 7.11 Å². The van der Waals surface area contributed by atoms with Crippen molar-refractivity contribution in [3.05, 3.63) is 11.8 Å². The van der Waals surface area contributed by atoms with E-state index in [1.165, 1.54) is 7.11 Å². The Morgan fingerprint density at radius 3 is 2.80 bits per heavy atom. The Balaban J connectivity index is 2.78. The van der Waals surface area contributed by atoms with Crippen LogP contribution in [0.1, 0.15) is 18.8 Å². The van der Waals surface area contributed by atoms with Crippen LogP contribution in [0.15, 0.2) is 10.6 Å². The fraction of sp³-hybridized carbons (Fsp3) is 0.500. The summed E-state index contributed by atoms with van der Waals surface area (Å²) in [6, 6.07) is 1.55. The van der Waals surface area contributed by atoms with Gasteiger partial charge in [-0.2, -0.15) is 0 Å². The van der Waals surface area contributed by atoms with Crippen LogP contribution in [-0.4, -0.2) is 17.4 Å². The smallest absolute Gasteiger partial charge is 0.254 e. The second-order valence-electron chi connectivity index (χ2n) is 1.95. The summed E-state index contributed by atoms with van der Waals surface area (Å²) in [4.78, 5) is 0. The summed E-state index contributed by atoms with van der Waals surface area (Å²) < 4.78 is 9.42. The van der Waals surface area contributed by atoms with Crippen molar-refractivity contribution < 1.29 is 14.4 Å². The summed E-state index contributed by atoms with van der Waals surface area (Å²) >= 11 is 0. The number of nitrogens with zero attached hydrogens (tertiary/aromatic N) is 1. The molecule has 1 aromatic heterocycles. The van der Waals surface area contributed by atoms with Gasteiger partial charge in [0.15, 0.2) is 5.76 Å². The van der Waals surface area contributed by atoms with E-state index in [1.54, 1.807) is 13.0 Å². The van der Waals surface area contributed by atoms with E-state index in [1.807, 2.05) is 0 Å². The van der Waals surface area contributed by atoms with E-state index in [4.69, 9.17) is 14.4 Å². The summed E-state index contributed by atoms with van der Waals surface area (Å²) in [7, 11) is 1.49. The zero-order valence-electron chi connectivity index (χ0n) is 5.87. The first kappa shape index (κ1) is 7.08. The van der Waals surface area contributed by atoms with E-state index in [-0.39, 0.29) is 0 Å². The van der Waals surface area contributed by atoms with E-state index >= 15 is 0 Å². The fourth-order valence-corrected chi connectivity index (χ4v) is 0.565. The third-order valence-corrected chi connectivity index (χ3v) is 1.13. The molecular formula is C6H9NO3. The normalized spacial score (nSPS) is 13.1. The molecular weight excluding hydrogens is 134 g/mol. The molecule has 0 saturated carbocycles. The SMILES string of the molecule is COc1cc([C@@H](C)O)on1. The molecule has 1 rings (SSSR count). The first-order valence-corrected chi connectivity index (χ1v) is 2.92. The molecule has 0 aliphatic carbocycles. The van der Waals surface area contributed by atoms with Gasteiger partial charge in [-0.25, -0.2) is 0 Å². The van der Waals surface area contributed by atoms with Crippen molar-refractivity contribution in [3.8, 4) is 5.88 Å². The number of hydrogen-bond donors (Lipinski definition) is 1. The lowest BCUT2D eigenvalue weighted by Crippen LogP contribution is -1.85. The molecule has 0 spiro atoms. The molecule has 0 aromatic carbocycles. The van der Waals surface area contributed by atoms with Crippen molar-refractivity contribution in [3.63, 3.8) is 0 Å². The third-order valence-electron chi connectivity index (χ3n) is 1.13. The number of ether oxygens (including phenoxy) is 1. The molecule has 0 saturated heterocycles. The van der Waals surface area contributed by atoms with Gasteiger partial charge in [-0.15, -0.1) is 0 Å². The van der Waals surface area contributed by atoms with Crippen molar-refractivity contribution in [2.24, 2.45) is 0 Å². The second-order valence-corrected chi connectivity index (χ2v) is 1.95. The molecule has 4 heteroatoms. The Morgan fingerprint density at radius 1 is 1.80 bits per heavy atom. The average molecular weight is 143 g/mol. The number of methoxy groups -OCH3 is 1. The number of rotatable bonds is 2. The van der Waals surface area contributed by atoms with Crippen molar-refractivity contribution in [2.45, 2.75) is 13.0 Å². The van der Waals surface area contributed by atoms with Crippen LogP contribution in [0.2, 0.25) is 0 Å². The lowest BCUT2D eigenvalue weighted by atomic mass is 10.3. The van der Waals surface area contributed by atoms with Gasteiger partial charge in [0.25, 0.3) is 5.88 Å². The van der Waals surface area contributed by atoms with Gasteiger partial charge in [0.2, 0.25) is 0 Å². The fourth-order valence-electron chi connectivity index (χ4n) is 0.565. The molecule has 1 N–H and O–H groups in total. The van der Waals surface area contributed by atoms with Gasteiger partial charge in [-0.05, 0) is 12.1 Å². The van der Waals surface area contributed by atoms with Crippen LogP contribution in [0.25, 0.3) is 0 Å². The maximum Gasteiger partial charge on any atom is 0.254 e. The Morgan fingerprint density at radius 2 is 2.50 bits per heavy atom. The molecule has 0 radical (unpaired) electrons. The van der Waals surface area contributed by atoms with Gasteiger partial charge in [0.1, 0.15) is 6.10 Å². The van der Waals surface area contributed by atoms with E-state index in [9.17, 15) is 0 Å². The number of aliphatic hydroxyl groups excluding tert-OH is 1. The van der Waals surface area contributed by atoms with Crippen LogP contribution in [0.3, 0.4) is 0 Å². The predicted molar refractivity (Wildman–Crippen MR) is 33.7 cm³/mol. The molecule has 1 atom stereocenters. The topological polar surface area (TPSA) is 55.5 Å². The second kappa shape index (κ2) is 2.70. The highest BCUT2D eigenvalue weighted by molar-refractivity contribution is 5.11. The van der Waals surface area contributed by atoms with Crippen molar-refractivity contribution in [1.82, 2.24) is 5.16 Å². The highest BCUT2D eigenvalue weighted by Gasteiger charge is 2.07. The van der Waals surface area contributed by atoms with E-state index in [0.717, 1.165) is 0 Å². The molecule has 1 heterocycles. The van der Waals surface area contributed by atoms with Crippen molar-refractivity contribution >= 4 is 0 Å². The van der Waals surface area contributed by atoms with E-state index in [0.29, 0.717) is 11.6 Å². The summed E-state index contributed by atoms with van der Waals surface area (Å²) in [5, 5.41) is 12.4. The van der Waals surface area contributed by atoms with Crippen LogP contribution < -0.4 is 4.74 Å². The van der Waals surface area contributed by atoms with Crippen LogP contribution in [0, 0.1) is 0 Å². The van der Waals surface area contributed by atoms with Crippen molar-refractivity contribution in [1.29, 1.82) is 0 Å². The van der Waals surface area contributed by atoms with Crippen LogP contribution in [0.5, 0.6) is 5.88 Å². The maximum atomic E-state index is 8.94. The number of hydrogen-bond acceptors (Lipinski definition) is 4. The zero-order valence-corrected chi connectivity index (χ0v) is 5.87. The Bertz CT molecular complexity index is 207. The first-order chi connectivity index (χ1) is 4.74. The van der Waals surface area contributed by atoms with Gasteiger partial charge >= 0.3 is 0 Å². The minimum atomic E-state index is -0.628. The minimum absolute atomic E-state index is 0.385. The highest BCUT2D eigenvalue weighted by Crippen LogP contribution is 2.16. The summed E-state index contributed by atoms with van der Waals surface area (Å²) in [5.41, 5.74) is 0. The molecule has 56 valence electrons. The van der Waals surface area contributed by atoms with Gasteiger partial charge in [0, 0.05) is 6.07 Å². The minimum Gasteiger partial charge on any atom is -0.479 e. The number of aliphatic hydroxyl groups is 1. The maximum absolute atomic E-state index is 8.94. The molecule has 0 aliphatic rings. The molecule has 0 fully saturated rings. The van der Waals surface area contributed by atoms with Crippen LogP contribution in [0.4, 0.5) is 0 Å². The monoisotopic (exact) mass is 143 g/mol.